The molecule has 706 valence electrons. The van der Waals surface area contributed by atoms with Crippen molar-refractivity contribution in [2.75, 3.05) is 55.6 Å². The summed E-state index contributed by atoms with van der Waals surface area (Å²) < 4.78 is 68.8. The molecule has 0 aliphatic heterocycles. The molecule has 25 nitrogen and oxygen atoms in total. The smallest absolute Gasteiger partial charge is 0.421 e. The molecule has 12 N–H and O–H groups in total. The van der Waals surface area contributed by atoms with Crippen molar-refractivity contribution in [2.24, 2.45) is 0 Å². The number of unbranched alkanes of at least 4 members (excludes halogenated alkanes) is 2. The van der Waals surface area contributed by atoms with Crippen LogP contribution < -0.4 is 39.1 Å². The first-order valence-electron chi connectivity index (χ1n) is 43.5. The maximum atomic E-state index is 13.3. The second-order valence-corrected chi connectivity index (χ2v) is 41.1. The topological polar surface area (TPSA) is 399 Å². The molecule has 0 bridgehead atoms. The van der Waals surface area contributed by atoms with Gasteiger partial charge in [-0.15, -0.1) is 6.58 Å². The van der Waals surface area contributed by atoms with Crippen LogP contribution in [0.4, 0.5) is 57.5 Å². The minimum atomic E-state index is -4.50. The molecule has 0 saturated carbocycles. The molecule has 10 aromatic rings. The number of anilines is 6. The highest BCUT2D eigenvalue weighted by Gasteiger charge is 2.37. The highest BCUT2D eigenvalue weighted by molar-refractivity contribution is 5.83. The zero-order valence-corrected chi connectivity index (χ0v) is 84.0. The van der Waals surface area contributed by atoms with E-state index in [2.05, 4.69) is 239 Å². The predicted molar refractivity (Wildman–Crippen MR) is 517 cm³/mol. The first kappa shape index (κ1) is 112. The van der Waals surface area contributed by atoms with Gasteiger partial charge in [-0.25, -0.2) is 88.5 Å². The number of nitriles is 1. The molecule has 0 radical (unpaired) electrons. The molecule has 0 spiro atoms. The Bertz CT molecular complexity index is 5350. The van der Waals surface area contributed by atoms with E-state index in [4.69, 9.17) is 59.4 Å². The third-order valence-electron chi connectivity index (χ3n) is 19.4. The lowest BCUT2D eigenvalue weighted by Crippen LogP contribution is -2.23. The second-order valence-electron chi connectivity index (χ2n) is 41.1. The number of aromatic nitrogens is 16. The predicted octanol–water partition coefficient (Wildman–Crippen LogP) is 21.6. The van der Waals surface area contributed by atoms with Gasteiger partial charge in [-0.3, -0.25) is 0 Å². The van der Waals surface area contributed by atoms with Gasteiger partial charge in [-0.1, -0.05) is 236 Å². The van der Waals surface area contributed by atoms with E-state index in [1.165, 1.54) is 59.1 Å². The van der Waals surface area contributed by atoms with E-state index in [0.717, 1.165) is 119 Å². The van der Waals surface area contributed by atoms with Gasteiger partial charge in [0.15, 0.2) is 0 Å². The average Bonchev–Trinajstić information content (AvgIpc) is 0.794. The van der Waals surface area contributed by atoms with Crippen molar-refractivity contribution in [3.8, 4) is 11.8 Å². The van der Waals surface area contributed by atoms with E-state index in [-0.39, 0.29) is 50.0 Å². The molecule has 0 unspecified atom stereocenters. The van der Waals surface area contributed by atoms with Crippen molar-refractivity contribution in [3.05, 3.63) is 204 Å². The van der Waals surface area contributed by atoms with Gasteiger partial charge in [0.05, 0.1) is 76.4 Å². The van der Waals surface area contributed by atoms with E-state index in [1.54, 1.807) is 27.9 Å². The molecular weight excluding hydrogens is 1640 g/mol. The molecule has 0 atom stereocenters. The summed E-state index contributed by atoms with van der Waals surface area (Å²) in [4.78, 5) is 69.3. The lowest BCUT2D eigenvalue weighted by Gasteiger charge is -2.25. The number of hydrogen-bond acceptors (Lipinski definition) is 25. The maximum Gasteiger partial charge on any atom is 0.421 e. The molecule has 30 heteroatoms. The highest BCUT2D eigenvalue weighted by atomic mass is 19.4. The summed E-state index contributed by atoms with van der Waals surface area (Å²) in [7, 11) is 5.72. The number of alkyl halides is 5. The molecule has 0 fully saturated rings. The Hall–Kier alpha value is -11.2. The van der Waals surface area contributed by atoms with Gasteiger partial charge >= 0.3 is 6.18 Å². The normalized spacial score (nSPS) is 12.0. The van der Waals surface area contributed by atoms with Crippen LogP contribution in [-0.4, -0.2) is 106 Å². The van der Waals surface area contributed by atoms with Gasteiger partial charge in [0, 0.05) is 110 Å². The molecular formula is C99H149F5N24O. The van der Waals surface area contributed by atoms with Crippen LogP contribution in [0.1, 0.15) is 344 Å². The minimum Gasteiger partial charge on any atom is -0.497 e. The zero-order valence-electron chi connectivity index (χ0n) is 84.0. The third kappa shape index (κ3) is 36.0. The first-order chi connectivity index (χ1) is 58.8. The van der Waals surface area contributed by atoms with Crippen molar-refractivity contribution in [1.82, 2.24) is 84.6 Å². The number of nitrogens with two attached hydrogens (primary N) is 6. The second kappa shape index (κ2) is 45.8. The van der Waals surface area contributed by atoms with Gasteiger partial charge in [0.2, 0.25) is 29.7 Å². The molecule has 8 heterocycles. The monoisotopic (exact) mass is 1790 g/mol. The fourth-order valence-electron chi connectivity index (χ4n) is 13.0. The summed E-state index contributed by atoms with van der Waals surface area (Å²) >= 11 is 0. The summed E-state index contributed by atoms with van der Waals surface area (Å²) in [6.45, 7) is 71.4. The Morgan fingerprint density at radius 2 is 0.946 bits per heavy atom. The van der Waals surface area contributed by atoms with Gasteiger partial charge in [0.1, 0.15) is 40.7 Å². The number of aryl methyl sites for hydroxylation is 6. The van der Waals surface area contributed by atoms with Gasteiger partial charge < -0.3 is 44.0 Å². The van der Waals surface area contributed by atoms with Crippen LogP contribution in [0.2, 0.25) is 0 Å². The van der Waals surface area contributed by atoms with E-state index in [0.29, 0.717) is 46.5 Å². The maximum absolute atomic E-state index is 13.3. The Labute approximate surface area is 765 Å². The summed E-state index contributed by atoms with van der Waals surface area (Å²) in [6.07, 6.45) is 7.01. The standard InChI is InChI=1S/C17H23N3.C17H30N2.C16H23N3O.C12H19N3.C10H15F2N3.C9H12F3N3.C9H12N4.C9H15N3/c1-11-6-8-13(9-7-11)10-14-12(2)19-16(18)20-15(14)17(3,4)5;1-8-9-10-11-14-18-13(4)15(12(2)3)16(19-14)17(5,6)7;1-16(2,3)15-12-8-7-11(20-6)9-13(12)17-14(18-15)10-19(4)5;1-6-7-9-8(2)14-11(13)15-10(9)12(3,4)5;1-9(2,3)7-6(10(4,11)12)5-14-8(13)15-7;1-8(2,3)7-14-4-5(6(13)15-7)9(10,11)12;1-9(2,3)7-6(4-10)5-12-8(11)13-7;1-6-5-7(9(2,3)4)12-8(10)11-6/h6-9H,10H2,1-5H3,(H2,18,19,20);12H,8-11H2,1-7H3;7-9H,10H2,1-6H3;6H,1,7H2,2-5H3,(H2,13,14,15);5H,1-4H3,(H2,13,14,15);4H,1-3H3,(H2,13,14,15);5H,1-3H3,(H2,11,12,13);5H,1-4H3,(H2,10,11,12). The van der Waals surface area contributed by atoms with Crippen LogP contribution in [0.25, 0.3) is 10.9 Å². The molecule has 2 aromatic carbocycles. The van der Waals surface area contributed by atoms with E-state index < -0.39 is 34.3 Å². The van der Waals surface area contributed by atoms with Gasteiger partial charge in [0.25, 0.3) is 5.92 Å². The van der Waals surface area contributed by atoms with Crippen LogP contribution in [0.3, 0.4) is 0 Å². The third-order valence-corrected chi connectivity index (χ3v) is 19.4. The van der Waals surface area contributed by atoms with Crippen molar-refractivity contribution < 1.29 is 26.7 Å². The van der Waals surface area contributed by atoms with Crippen molar-refractivity contribution >= 4 is 46.5 Å². The highest BCUT2D eigenvalue weighted by Crippen LogP contribution is 2.38. The van der Waals surface area contributed by atoms with Crippen LogP contribution in [0.15, 0.2) is 79.8 Å². The summed E-state index contributed by atoms with van der Waals surface area (Å²) in [5.74, 6) is 1.32. The van der Waals surface area contributed by atoms with Crippen molar-refractivity contribution in [2.45, 2.75) is 335 Å². The van der Waals surface area contributed by atoms with Crippen LogP contribution in [0, 0.1) is 45.9 Å². The largest absolute Gasteiger partial charge is 0.497 e. The molecule has 0 aliphatic rings. The average molecular weight is 1790 g/mol. The molecule has 0 aliphatic carbocycles. The minimum absolute atomic E-state index is 0.0137. The Morgan fingerprint density at radius 1 is 0.473 bits per heavy atom. The number of benzene rings is 2. The number of ether oxygens (including phenoxy) is 1. The lowest BCUT2D eigenvalue weighted by molar-refractivity contribution is -0.137. The Balaban J connectivity index is 0.000000382. The first-order valence-corrected chi connectivity index (χ1v) is 43.5. The van der Waals surface area contributed by atoms with Crippen LogP contribution in [-0.2, 0) is 81.2 Å². The van der Waals surface area contributed by atoms with Gasteiger partial charge in [-0.2, -0.15) is 18.4 Å². The number of nitrogen functional groups attached to an aromatic ring is 6. The van der Waals surface area contributed by atoms with Crippen molar-refractivity contribution in [1.29, 1.82) is 5.26 Å². The van der Waals surface area contributed by atoms with Crippen LogP contribution in [0.5, 0.6) is 5.75 Å². The molecule has 129 heavy (non-hydrogen) atoms. The number of allylic oxidation sites excluding steroid dienone is 1. The van der Waals surface area contributed by atoms with E-state index in [1.807, 2.05) is 113 Å². The molecule has 0 saturated heterocycles. The Morgan fingerprint density at radius 3 is 1.38 bits per heavy atom. The van der Waals surface area contributed by atoms with E-state index >= 15 is 0 Å². The van der Waals surface area contributed by atoms with E-state index in [9.17, 15) is 22.0 Å². The van der Waals surface area contributed by atoms with Crippen molar-refractivity contribution in [3.63, 3.8) is 0 Å². The number of methoxy groups -OCH3 is 1. The number of rotatable bonds is 13. The summed E-state index contributed by atoms with van der Waals surface area (Å²) in [5, 5.41) is 9.90. The quantitative estimate of drug-likeness (QED) is 0.0355. The van der Waals surface area contributed by atoms with Crippen LogP contribution >= 0.6 is 0 Å². The number of hydrogen-bond donors (Lipinski definition) is 6. The SMILES string of the molecule is C=CCc1c(C)nc(N)nc1C(C)(C)C.CC(C)(C)c1nc(N)ncc1C#N.CC(C)(C)c1nc(N)ncc1C(C)(F)F.CC(C)(C)c1ncc(C(F)(F)F)c(N)n1.CCCCCc1nc(C)c(C(C)C)c(C(C)(C)C)n1.COc1ccc2c(C(C)(C)C)nc(CN(C)C)nc2c1.Cc1cc(C(C)(C)C)nc(N)n1.Cc1ccc(Cc2c(C)nc(N)nc2C(C)(C)C)cc1. The fraction of sp³-hybridized carbons (Fsp3) is 0.545. The number of nitrogens with zero attached hydrogens (tertiary/aromatic N) is 18. The number of halogens is 5. The molecule has 10 rings (SSSR count). The molecule has 0 amide bonds. The Kier molecular flexibility index (Phi) is 39.8. The summed E-state index contributed by atoms with van der Waals surface area (Å²) in [6, 6.07) is 18.6. The summed E-state index contributed by atoms with van der Waals surface area (Å²) in [5.41, 5.74) is 49.0. The zero-order chi connectivity index (χ0) is 99.2. The fourth-order valence-corrected chi connectivity index (χ4v) is 13.0. The van der Waals surface area contributed by atoms with Gasteiger partial charge in [-0.05, 0) is 108 Å². The lowest BCUT2D eigenvalue weighted by atomic mass is 9.84. The molecule has 8 aromatic heterocycles. The number of fused-ring (bicyclic) bond motifs is 1.